The number of rotatable bonds is 7. The van der Waals surface area contributed by atoms with Gasteiger partial charge in [-0.15, -0.1) is 0 Å². The normalized spacial score (nSPS) is 10.4. The van der Waals surface area contributed by atoms with E-state index >= 15 is 0 Å². The van der Waals surface area contributed by atoms with E-state index in [2.05, 4.69) is 15.4 Å². The second-order valence-electron chi connectivity index (χ2n) is 4.85. The van der Waals surface area contributed by atoms with Crippen LogP contribution in [-0.2, 0) is 9.53 Å². The van der Waals surface area contributed by atoms with Gasteiger partial charge in [0.05, 0.1) is 24.9 Å². The third-order valence-electron chi connectivity index (χ3n) is 3.14. The molecule has 8 heteroatoms. The van der Waals surface area contributed by atoms with Crippen molar-refractivity contribution in [2.75, 3.05) is 24.3 Å². The molecule has 0 bridgehead atoms. The molecule has 132 valence electrons. The van der Waals surface area contributed by atoms with Crippen LogP contribution in [-0.4, -0.2) is 31.3 Å². The number of halogens is 2. The molecule has 0 heterocycles. The van der Waals surface area contributed by atoms with E-state index in [-0.39, 0.29) is 12.5 Å². The summed E-state index contributed by atoms with van der Waals surface area (Å²) >= 11 is 0.376. The minimum atomic E-state index is -2.57. The highest BCUT2D eigenvalue weighted by atomic mass is 32.2. The molecule has 0 aliphatic carbocycles. The Labute approximate surface area is 147 Å². The molecule has 2 rings (SSSR count). The maximum absolute atomic E-state index is 12.5. The number of methoxy groups -OCH3 is 1. The van der Waals surface area contributed by atoms with Crippen molar-refractivity contribution in [3.63, 3.8) is 0 Å². The minimum absolute atomic E-state index is 0.0503. The third-order valence-corrected chi connectivity index (χ3v) is 3.92. The molecular formula is C17H16F2N2O3S. The van der Waals surface area contributed by atoms with Gasteiger partial charge in [-0.2, -0.15) is 8.78 Å². The lowest BCUT2D eigenvalue weighted by Crippen LogP contribution is -2.22. The van der Waals surface area contributed by atoms with E-state index in [0.29, 0.717) is 33.6 Å². The molecule has 2 aromatic rings. The van der Waals surface area contributed by atoms with Gasteiger partial charge in [-0.1, -0.05) is 23.9 Å². The Bertz CT molecular complexity index is 739. The van der Waals surface area contributed by atoms with Gasteiger partial charge in [0.15, 0.2) is 0 Å². The number of anilines is 2. The number of ether oxygens (including phenoxy) is 1. The number of amides is 1. The molecule has 2 N–H and O–H groups in total. The zero-order valence-corrected chi connectivity index (χ0v) is 14.1. The number of alkyl halides is 2. The van der Waals surface area contributed by atoms with Crippen LogP contribution in [0.3, 0.4) is 0 Å². The number of thioether (sulfide) groups is 1. The van der Waals surface area contributed by atoms with Crippen LogP contribution in [0.25, 0.3) is 0 Å². The lowest BCUT2D eigenvalue weighted by atomic mass is 10.2. The number of esters is 1. The fourth-order valence-corrected chi connectivity index (χ4v) is 2.58. The molecule has 0 atom stereocenters. The number of hydrogen-bond acceptors (Lipinski definition) is 5. The fraction of sp³-hybridized carbons (Fsp3) is 0.176. The average Bonchev–Trinajstić information content (AvgIpc) is 2.61. The molecule has 0 aliphatic rings. The smallest absolute Gasteiger partial charge is 0.337 e. The molecule has 0 saturated heterocycles. The topological polar surface area (TPSA) is 67.4 Å². The first-order chi connectivity index (χ1) is 12.0. The summed E-state index contributed by atoms with van der Waals surface area (Å²) in [6.45, 7) is -0.0503. The SMILES string of the molecule is COC(=O)c1ccc(NCC(=O)Nc2ccccc2SC(F)F)cc1. The molecule has 0 spiro atoms. The van der Waals surface area contributed by atoms with E-state index < -0.39 is 11.7 Å². The average molecular weight is 366 g/mol. The fourth-order valence-electron chi connectivity index (χ4n) is 1.99. The first-order valence-corrected chi connectivity index (χ1v) is 8.13. The van der Waals surface area contributed by atoms with Gasteiger partial charge in [0.2, 0.25) is 5.91 Å². The maximum Gasteiger partial charge on any atom is 0.337 e. The van der Waals surface area contributed by atoms with E-state index in [0.717, 1.165) is 0 Å². The number of benzene rings is 2. The van der Waals surface area contributed by atoms with Crippen LogP contribution in [0.15, 0.2) is 53.4 Å². The predicted molar refractivity (Wildman–Crippen MR) is 93.2 cm³/mol. The Hall–Kier alpha value is -2.61. The van der Waals surface area contributed by atoms with Crippen LogP contribution in [0.5, 0.6) is 0 Å². The lowest BCUT2D eigenvalue weighted by molar-refractivity contribution is -0.114. The van der Waals surface area contributed by atoms with Crippen molar-refractivity contribution < 1.29 is 23.1 Å². The van der Waals surface area contributed by atoms with Crippen LogP contribution in [0.2, 0.25) is 0 Å². The monoisotopic (exact) mass is 366 g/mol. The second kappa shape index (κ2) is 9.03. The molecule has 0 unspecified atom stereocenters. The van der Waals surface area contributed by atoms with Crippen LogP contribution < -0.4 is 10.6 Å². The molecule has 0 radical (unpaired) electrons. The molecule has 0 aromatic heterocycles. The van der Waals surface area contributed by atoms with Crippen molar-refractivity contribution in [1.82, 2.24) is 0 Å². The van der Waals surface area contributed by atoms with Gasteiger partial charge in [-0.25, -0.2) is 4.79 Å². The van der Waals surface area contributed by atoms with Gasteiger partial charge in [-0.3, -0.25) is 4.79 Å². The summed E-state index contributed by atoms with van der Waals surface area (Å²) in [6, 6.07) is 12.8. The highest BCUT2D eigenvalue weighted by Crippen LogP contribution is 2.31. The minimum Gasteiger partial charge on any atom is -0.465 e. The van der Waals surface area contributed by atoms with Crippen LogP contribution in [0.1, 0.15) is 10.4 Å². The van der Waals surface area contributed by atoms with E-state index in [1.165, 1.54) is 13.2 Å². The van der Waals surface area contributed by atoms with Crippen molar-refractivity contribution in [3.8, 4) is 0 Å². The van der Waals surface area contributed by atoms with Crippen molar-refractivity contribution in [2.45, 2.75) is 10.7 Å². The van der Waals surface area contributed by atoms with Crippen molar-refractivity contribution >= 4 is 35.0 Å². The van der Waals surface area contributed by atoms with Crippen LogP contribution in [0, 0.1) is 0 Å². The Balaban J connectivity index is 1.92. The van der Waals surface area contributed by atoms with Gasteiger partial charge in [0.1, 0.15) is 0 Å². The Morgan fingerprint density at radius 2 is 1.80 bits per heavy atom. The first-order valence-electron chi connectivity index (χ1n) is 7.25. The molecule has 25 heavy (non-hydrogen) atoms. The number of para-hydroxylation sites is 1. The highest BCUT2D eigenvalue weighted by molar-refractivity contribution is 7.99. The molecule has 0 fully saturated rings. The largest absolute Gasteiger partial charge is 0.465 e. The van der Waals surface area contributed by atoms with Crippen molar-refractivity contribution in [3.05, 3.63) is 54.1 Å². The van der Waals surface area contributed by atoms with Crippen LogP contribution >= 0.6 is 11.8 Å². The molecule has 5 nitrogen and oxygen atoms in total. The van der Waals surface area contributed by atoms with Gasteiger partial charge >= 0.3 is 5.97 Å². The number of carbonyl (C=O) groups excluding carboxylic acids is 2. The van der Waals surface area contributed by atoms with Crippen LogP contribution in [0.4, 0.5) is 20.2 Å². The molecule has 0 aliphatic heterocycles. The number of hydrogen-bond donors (Lipinski definition) is 2. The standard InChI is InChI=1S/C17H16F2N2O3S/c1-24-16(23)11-6-8-12(9-7-11)20-10-15(22)21-13-4-2-3-5-14(13)25-17(18)19/h2-9,17,20H,10H2,1H3,(H,21,22). The van der Waals surface area contributed by atoms with Gasteiger partial charge < -0.3 is 15.4 Å². The highest BCUT2D eigenvalue weighted by Gasteiger charge is 2.12. The van der Waals surface area contributed by atoms with E-state index in [1.807, 2.05) is 0 Å². The van der Waals surface area contributed by atoms with Crippen molar-refractivity contribution in [1.29, 1.82) is 0 Å². The Morgan fingerprint density at radius 1 is 1.12 bits per heavy atom. The van der Waals surface area contributed by atoms with Crippen molar-refractivity contribution in [2.24, 2.45) is 0 Å². The molecule has 0 saturated carbocycles. The molecular weight excluding hydrogens is 350 g/mol. The number of nitrogens with one attached hydrogen (secondary N) is 2. The summed E-state index contributed by atoms with van der Waals surface area (Å²) < 4.78 is 29.7. The van der Waals surface area contributed by atoms with E-state index in [4.69, 9.17) is 0 Å². The molecule has 1 amide bonds. The summed E-state index contributed by atoms with van der Waals surface area (Å²) in [5.74, 6) is -3.39. The summed E-state index contributed by atoms with van der Waals surface area (Å²) in [5.41, 5.74) is 1.37. The summed E-state index contributed by atoms with van der Waals surface area (Å²) in [5, 5.41) is 5.49. The van der Waals surface area contributed by atoms with Gasteiger partial charge in [0.25, 0.3) is 5.76 Å². The maximum atomic E-state index is 12.5. The first kappa shape index (κ1) is 18.7. The van der Waals surface area contributed by atoms with E-state index in [9.17, 15) is 18.4 Å². The number of carbonyl (C=O) groups is 2. The van der Waals surface area contributed by atoms with Gasteiger partial charge in [-0.05, 0) is 36.4 Å². The van der Waals surface area contributed by atoms with Gasteiger partial charge in [0, 0.05) is 10.6 Å². The Morgan fingerprint density at radius 3 is 2.44 bits per heavy atom. The molecule has 2 aromatic carbocycles. The zero-order chi connectivity index (χ0) is 18.2. The second-order valence-corrected chi connectivity index (χ2v) is 5.88. The quantitative estimate of drug-likeness (QED) is 0.576. The lowest BCUT2D eigenvalue weighted by Gasteiger charge is -2.11. The summed E-state index contributed by atoms with van der Waals surface area (Å²) in [4.78, 5) is 23.6. The summed E-state index contributed by atoms with van der Waals surface area (Å²) in [7, 11) is 1.29. The predicted octanol–water partition coefficient (Wildman–Crippen LogP) is 3.84. The summed E-state index contributed by atoms with van der Waals surface area (Å²) in [6.07, 6.45) is 0. The Kier molecular flexibility index (Phi) is 6.76. The van der Waals surface area contributed by atoms with E-state index in [1.54, 1.807) is 42.5 Å². The zero-order valence-electron chi connectivity index (χ0n) is 13.3. The third kappa shape index (κ3) is 5.75.